The van der Waals surface area contributed by atoms with Crippen molar-refractivity contribution in [3.05, 3.63) is 57.8 Å². The Kier molecular flexibility index (Phi) is 4.96. The van der Waals surface area contributed by atoms with Gasteiger partial charge in [0.1, 0.15) is 5.69 Å². The highest BCUT2D eigenvalue weighted by Crippen LogP contribution is 2.24. The van der Waals surface area contributed by atoms with E-state index < -0.39 is 0 Å². The molecule has 0 fully saturated rings. The minimum Gasteiger partial charge on any atom is -0.347 e. The second-order valence-corrected chi connectivity index (χ2v) is 6.09. The molecule has 2 rings (SSSR count). The first-order valence-corrected chi connectivity index (χ1v) is 7.52. The van der Waals surface area contributed by atoms with Crippen LogP contribution in [0.15, 0.2) is 36.5 Å². The first-order valence-electron chi connectivity index (χ1n) is 6.76. The zero-order valence-corrected chi connectivity index (χ0v) is 13.8. The summed E-state index contributed by atoms with van der Waals surface area (Å²) in [6.45, 7) is 4.50. The number of aryl methyl sites for hydroxylation is 1. The van der Waals surface area contributed by atoms with Gasteiger partial charge < -0.3 is 9.47 Å². The van der Waals surface area contributed by atoms with Crippen LogP contribution in [0.4, 0.5) is 0 Å². The number of carbonyl (C=O) groups excluding carboxylic acids is 1. The number of aromatic nitrogens is 1. The summed E-state index contributed by atoms with van der Waals surface area (Å²) in [6.07, 6.45) is 1.87. The second-order valence-electron chi connectivity index (χ2n) is 5.28. The standard InChI is InChI=1S/C16H18Cl2N2O/c1-11(2)20(16(21)15-5-4-8-19(15)3)10-12-6-7-13(17)14(18)9-12/h4-9,11H,10H2,1-3H3. The first-order chi connectivity index (χ1) is 9.90. The van der Waals surface area contributed by atoms with Crippen molar-refractivity contribution >= 4 is 29.1 Å². The van der Waals surface area contributed by atoms with Crippen LogP contribution in [0.1, 0.15) is 29.9 Å². The minimum absolute atomic E-state index is 0.00331. The van der Waals surface area contributed by atoms with Crippen molar-refractivity contribution in [2.45, 2.75) is 26.4 Å². The van der Waals surface area contributed by atoms with Gasteiger partial charge >= 0.3 is 0 Å². The smallest absolute Gasteiger partial charge is 0.270 e. The summed E-state index contributed by atoms with van der Waals surface area (Å²) in [6, 6.07) is 9.23. The largest absolute Gasteiger partial charge is 0.347 e. The molecule has 0 atom stereocenters. The van der Waals surface area contributed by atoms with Crippen LogP contribution in [-0.4, -0.2) is 21.4 Å². The number of hydrogen-bond acceptors (Lipinski definition) is 1. The average Bonchev–Trinajstić information content (AvgIpc) is 2.85. The van der Waals surface area contributed by atoms with E-state index in [1.807, 2.05) is 54.8 Å². The molecule has 1 amide bonds. The molecule has 5 heteroatoms. The van der Waals surface area contributed by atoms with E-state index in [1.54, 1.807) is 12.1 Å². The predicted molar refractivity (Wildman–Crippen MR) is 86.9 cm³/mol. The lowest BCUT2D eigenvalue weighted by Crippen LogP contribution is -2.37. The molecule has 0 unspecified atom stereocenters. The fourth-order valence-electron chi connectivity index (χ4n) is 2.15. The zero-order valence-electron chi connectivity index (χ0n) is 12.3. The van der Waals surface area contributed by atoms with Crippen molar-refractivity contribution in [3.63, 3.8) is 0 Å². The Balaban J connectivity index is 2.25. The number of halogens is 2. The molecule has 1 aromatic heterocycles. The zero-order chi connectivity index (χ0) is 15.6. The van der Waals surface area contributed by atoms with Crippen molar-refractivity contribution in [2.75, 3.05) is 0 Å². The molecule has 0 aliphatic rings. The predicted octanol–water partition coefficient (Wildman–Crippen LogP) is 4.38. The third-order valence-electron chi connectivity index (χ3n) is 3.38. The Morgan fingerprint density at radius 3 is 2.48 bits per heavy atom. The van der Waals surface area contributed by atoms with Gasteiger partial charge in [-0.15, -0.1) is 0 Å². The monoisotopic (exact) mass is 324 g/mol. The summed E-state index contributed by atoms with van der Waals surface area (Å²) in [5, 5.41) is 1.02. The molecule has 0 radical (unpaired) electrons. The van der Waals surface area contributed by atoms with Crippen LogP contribution in [-0.2, 0) is 13.6 Å². The second kappa shape index (κ2) is 6.54. The maximum absolute atomic E-state index is 12.7. The fourth-order valence-corrected chi connectivity index (χ4v) is 2.47. The first kappa shape index (κ1) is 15.9. The van der Waals surface area contributed by atoms with Gasteiger partial charge in [-0.1, -0.05) is 29.3 Å². The van der Waals surface area contributed by atoms with Crippen LogP contribution in [0.2, 0.25) is 10.0 Å². The number of rotatable bonds is 4. The van der Waals surface area contributed by atoms with E-state index >= 15 is 0 Å². The van der Waals surface area contributed by atoms with Crippen LogP contribution in [0, 0.1) is 0 Å². The summed E-state index contributed by atoms with van der Waals surface area (Å²) in [4.78, 5) is 14.5. The van der Waals surface area contributed by atoms with Gasteiger partial charge in [0, 0.05) is 25.8 Å². The lowest BCUT2D eigenvalue weighted by atomic mass is 10.1. The Hall–Kier alpha value is -1.45. The van der Waals surface area contributed by atoms with Gasteiger partial charge in [-0.2, -0.15) is 0 Å². The van der Waals surface area contributed by atoms with E-state index in [-0.39, 0.29) is 11.9 Å². The topological polar surface area (TPSA) is 25.2 Å². The minimum atomic E-state index is 0.00331. The van der Waals surface area contributed by atoms with Gasteiger partial charge in [0.05, 0.1) is 10.0 Å². The van der Waals surface area contributed by atoms with E-state index in [0.717, 1.165) is 5.56 Å². The van der Waals surface area contributed by atoms with Crippen LogP contribution >= 0.6 is 23.2 Å². The van der Waals surface area contributed by atoms with Gasteiger partial charge in [0.25, 0.3) is 5.91 Å². The van der Waals surface area contributed by atoms with Crippen molar-refractivity contribution < 1.29 is 4.79 Å². The molecule has 0 aliphatic heterocycles. The lowest BCUT2D eigenvalue weighted by molar-refractivity contribution is 0.0680. The number of amides is 1. The number of nitrogens with zero attached hydrogens (tertiary/aromatic N) is 2. The van der Waals surface area contributed by atoms with Crippen molar-refractivity contribution in [1.29, 1.82) is 0 Å². The molecule has 1 aromatic carbocycles. The van der Waals surface area contributed by atoms with Gasteiger partial charge in [-0.3, -0.25) is 4.79 Å². The van der Waals surface area contributed by atoms with Crippen molar-refractivity contribution in [3.8, 4) is 0 Å². The molecule has 0 bridgehead atoms. The molecule has 0 aliphatic carbocycles. The highest BCUT2D eigenvalue weighted by Gasteiger charge is 2.21. The van der Waals surface area contributed by atoms with Crippen LogP contribution in [0.5, 0.6) is 0 Å². The fraction of sp³-hybridized carbons (Fsp3) is 0.312. The number of carbonyl (C=O) groups is 1. The number of benzene rings is 1. The normalized spacial score (nSPS) is 11.0. The van der Waals surface area contributed by atoms with E-state index in [4.69, 9.17) is 23.2 Å². The van der Waals surface area contributed by atoms with Crippen molar-refractivity contribution in [2.24, 2.45) is 7.05 Å². The van der Waals surface area contributed by atoms with Gasteiger partial charge in [-0.25, -0.2) is 0 Å². The molecule has 112 valence electrons. The van der Waals surface area contributed by atoms with Crippen LogP contribution in [0.3, 0.4) is 0 Å². The third kappa shape index (κ3) is 3.60. The Labute approximate surface area is 135 Å². The van der Waals surface area contributed by atoms with Crippen LogP contribution < -0.4 is 0 Å². The molecule has 0 saturated heterocycles. The molecule has 3 nitrogen and oxygen atoms in total. The summed E-state index contributed by atoms with van der Waals surface area (Å²) in [5.74, 6) is 0.00331. The molecule has 1 heterocycles. The molecule has 2 aromatic rings. The Morgan fingerprint density at radius 1 is 1.24 bits per heavy atom. The highest BCUT2D eigenvalue weighted by molar-refractivity contribution is 6.42. The lowest BCUT2D eigenvalue weighted by Gasteiger charge is -2.27. The van der Waals surface area contributed by atoms with Crippen LogP contribution in [0.25, 0.3) is 0 Å². The van der Waals surface area contributed by atoms with E-state index in [1.165, 1.54) is 0 Å². The molecule has 0 N–H and O–H groups in total. The maximum atomic E-state index is 12.7. The van der Waals surface area contributed by atoms with Gasteiger partial charge in [0.2, 0.25) is 0 Å². The molecule has 0 saturated carbocycles. The van der Waals surface area contributed by atoms with Gasteiger partial charge in [-0.05, 0) is 43.7 Å². The third-order valence-corrected chi connectivity index (χ3v) is 4.12. The number of hydrogen-bond donors (Lipinski definition) is 0. The molecule has 0 spiro atoms. The molecular formula is C16H18Cl2N2O. The summed E-state index contributed by atoms with van der Waals surface area (Å²) in [5.41, 5.74) is 1.63. The Morgan fingerprint density at radius 2 is 1.95 bits per heavy atom. The molecular weight excluding hydrogens is 307 g/mol. The Bertz CT molecular complexity index is 649. The summed E-state index contributed by atoms with van der Waals surface area (Å²) >= 11 is 12.0. The molecule has 21 heavy (non-hydrogen) atoms. The average molecular weight is 325 g/mol. The summed E-state index contributed by atoms with van der Waals surface area (Å²) < 4.78 is 1.83. The van der Waals surface area contributed by atoms with Crippen molar-refractivity contribution in [1.82, 2.24) is 9.47 Å². The highest BCUT2D eigenvalue weighted by atomic mass is 35.5. The quantitative estimate of drug-likeness (QED) is 0.819. The van der Waals surface area contributed by atoms with E-state index in [9.17, 15) is 4.79 Å². The van der Waals surface area contributed by atoms with E-state index in [0.29, 0.717) is 22.3 Å². The van der Waals surface area contributed by atoms with E-state index in [2.05, 4.69) is 0 Å². The SMILES string of the molecule is CC(C)N(Cc1ccc(Cl)c(Cl)c1)C(=O)c1cccn1C. The summed E-state index contributed by atoms with van der Waals surface area (Å²) in [7, 11) is 1.87. The van der Waals surface area contributed by atoms with Gasteiger partial charge in [0.15, 0.2) is 0 Å². The maximum Gasteiger partial charge on any atom is 0.270 e.